The van der Waals surface area contributed by atoms with E-state index in [0.717, 1.165) is 29.1 Å². The normalized spacial score (nSPS) is 17.9. The van der Waals surface area contributed by atoms with Crippen LogP contribution in [0.3, 0.4) is 0 Å². The number of benzene rings is 3. The number of hydrazone groups is 1. The average Bonchev–Trinajstić information content (AvgIpc) is 3.49. The molecule has 2 unspecified atom stereocenters. The van der Waals surface area contributed by atoms with Crippen molar-refractivity contribution in [1.82, 2.24) is 15.0 Å². The number of aromatic nitrogens is 1. The monoisotopic (exact) mass is 539 g/mol. The van der Waals surface area contributed by atoms with Crippen LogP contribution in [0.5, 0.6) is 0 Å². The highest BCUT2D eigenvalue weighted by Gasteiger charge is 2.44. The Morgan fingerprint density at radius 3 is 2.42 bits per heavy atom. The Hall–Kier alpha value is -4.08. The summed E-state index contributed by atoms with van der Waals surface area (Å²) >= 11 is 5.23. The maximum atomic E-state index is 13.0. The molecule has 0 amide bonds. The number of pyridine rings is 1. The quantitative estimate of drug-likeness (QED) is 0.349. The molecule has 0 bridgehead atoms. The SMILES string of the molecule is O=S(=O)(NC(=S)NCc1ccccc1)c1ccc(N2N=C3c4ccccc4CC3C2c2ccccn2)cc1. The van der Waals surface area contributed by atoms with Gasteiger partial charge in [0.05, 0.1) is 22.0 Å². The molecule has 4 aromatic rings. The van der Waals surface area contributed by atoms with Crippen LogP contribution in [0.15, 0.2) is 113 Å². The van der Waals surface area contributed by atoms with Gasteiger partial charge in [-0.25, -0.2) is 8.42 Å². The largest absolute Gasteiger partial charge is 0.358 e. The molecular weight excluding hydrogens is 514 g/mol. The van der Waals surface area contributed by atoms with Crippen molar-refractivity contribution in [2.75, 3.05) is 5.01 Å². The molecule has 1 aromatic heterocycles. The first-order chi connectivity index (χ1) is 18.5. The van der Waals surface area contributed by atoms with Gasteiger partial charge in [-0.3, -0.25) is 14.7 Å². The lowest BCUT2D eigenvalue weighted by Crippen LogP contribution is -2.38. The molecule has 0 saturated heterocycles. The van der Waals surface area contributed by atoms with Gasteiger partial charge in [-0.05, 0) is 66.2 Å². The molecule has 0 radical (unpaired) electrons. The minimum atomic E-state index is -3.85. The molecule has 1 aliphatic carbocycles. The minimum absolute atomic E-state index is 0.0468. The number of rotatable bonds is 6. The first-order valence-electron chi connectivity index (χ1n) is 12.3. The van der Waals surface area contributed by atoms with E-state index in [-0.39, 0.29) is 22.0 Å². The van der Waals surface area contributed by atoms with E-state index >= 15 is 0 Å². The van der Waals surface area contributed by atoms with Gasteiger partial charge < -0.3 is 5.32 Å². The van der Waals surface area contributed by atoms with Gasteiger partial charge in [0.25, 0.3) is 10.0 Å². The Bertz CT molecular complexity index is 1610. The third kappa shape index (κ3) is 4.66. The summed E-state index contributed by atoms with van der Waals surface area (Å²) in [6.07, 6.45) is 2.68. The van der Waals surface area contributed by atoms with Crippen molar-refractivity contribution >= 4 is 38.8 Å². The second kappa shape index (κ2) is 10.00. The molecule has 2 N–H and O–H groups in total. The Morgan fingerprint density at radius 2 is 1.66 bits per heavy atom. The number of thiocarbonyl (C=S) groups is 1. The van der Waals surface area contributed by atoms with Gasteiger partial charge in [-0.15, -0.1) is 0 Å². The van der Waals surface area contributed by atoms with Gasteiger partial charge in [0.2, 0.25) is 0 Å². The van der Waals surface area contributed by atoms with E-state index in [0.29, 0.717) is 6.54 Å². The van der Waals surface area contributed by atoms with Crippen LogP contribution in [0.25, 0.3) is 0 Å². The zero-order chi connectivity index (χ0) is 26.1. The predicted octanol–water partition coefficient (Wildman–Crippen LogP) is 4.57. The van der Waals surface area contributed by atoms with Crippen LogP contribution in [0.2, 0.25) is 0 Å². The van der Waals surface area contributed by atoms with E-state index in [1.165, 1.54) is 11.1 Å². The molecule has 6 rings (SSSR count). The van der Waals surface area contributed by atoms with E-state index in [9.17, 15) is 8.42 Å². The zero-order valence-corrected chi connectivity index (χ0v) is 22.0. The molecule has 0 saturated carbocycles. The van der Waals surface area contributed by atoms with E-state index in [2.05, 4.69) is 33.2 Å². The van der Waals surface area contributed by atoms with Crippen molar-refractivity contribution in [2.45, 2.75) is 23.9 Å². The summed E-state index contributed by atoms with van der Waals surface area (Å²) in [5.41, 5.74) is 6.23. The topological polar surface area (TPSA) is 86.7 Å². The van der Waals surface area contributed by atoms with Gasteiger partial charge in [0.1, 0.15) is 6.04 Å². The van der Waals surface area contributed by atoms with Crippen molar-refractivity contribution in [2.24, 2.45) is 11.0 Å². The van der Waals surface area contributed by atoms with Crippen molar-refractivity contribution in [3.05, 3.63) is 126 Å². The summed E-state index contributed by atoms with van der Waals surface area (Å²) in [5.74, 6) is 0.167. The lowest BCUT2D eigenvalue weighted by atomic mass is 9.93. The molecule has 0 fully saturated rings. The Kier molecular flexibility index (Phi) is 6.39. The highest BCUT2D eigenvalue weighted by Crippen LogP contribution is 2.45. The summed E-state index contributed by atoms with van der Waals surface area (Å²) in [6.45, 7) is 0.426. The molecular formula is C29H25N5O2S2. The summed E-state index contributed by atoms with van der Waals surface area (Å²) in [6, 6.07) is 30.5. The van der Waals surface area contributed by atoms with E-state index in [1.54, 1.807) is 30.5 Å². The lowest BCUT2D eigenvalue weighted by molar-refractivity contribution is 0.543. The predicted molar refractivity (Wildman–Crippen MR) is 152 cm³/mol. The second-order valence-corrected chi connectivity index (χ2v) is 11.4. The third-order valence-electron chi connectivity index (χ3n) is 6.87. The molecule has 2 aliphatic rings. The molecule has 9 heteroatoms. The van der Waals surface area contributed by atoms with Gasteiger partial charge >= 0.3 is 0 Å². The highest BCUT2D eigenvalue weighted by molar-refractivity contribution is 7.91. The van der Waals surface area contributed by atoms with Gasteiger partial charge in [-0.1, -0.05) is 60.7 Å². The summed E-state index contributed by atoms with van der Waals surface area (Å²) in [7, 11) is -3.85. The Labute approximate surface area is 227 Å². The van der Waals surface area contributed by atoms with E-state index in [4.69, 9.17) is 17.3 Å². The molecule has 0 spiro atoms. The molecule has 7 nitrogen and oxygen atoms in total. The van der Waals surface area contributed by atoms with Crippen LogP contribution in [0.1, 0.15) is 28.4 Å². The second-order valence-electron chi connectivity index (χ2n) is 9.26. The van der Waals surface area contributed by atoms with Crippen molar-refractivity contribution in [1.29, 1.82) is 0 Å². The van der Waals surface area contributed by atoms with Gasteiger partial charge in [0, 0.05) is 24.2 Å². The number of fused-ring (bicyclic) bond motifs is 3. The van der Waals surface area contributed by atoms with Crippen LogP contribution >= 0.6 is 12.2 Å². The first kappa shape index (κ1) is 24.3. The van der Waals surface area contributed by atoms with Crippen LogP contribution in [-0.2, 0) is 23.0 Å². The average molecular weight is 540 g/mol. The highest BCUT2D eigenvalue weighted by atomic mass is 32.2. The maximum Gasteiger partial charge on any atom is 0.263 e. The molecule has 2 atom stereocenters. The Morgan fingerprint density at radius 1 is 0.921 bits per heavy atom. The van der Waals surface area contributed by atoms with Gasteiger partial charge in [-0.2, -0.15) is 5.10 Å². The van der Waals surface area contributed by atoms with Crippen molar-refractivity contribution < 1.29 is 8.42 Å². The minimum Gasteiger partial charge on any atom is -0.358 e. The van der Waals surface area contributed by atoms with Crippen molar-refractivity contribution in [3.8, 4) is 0 Å². The number of sulfonamides is 1. The fraction of sp³-hybridized carbons (Fsp3) is 0.138. The molecule has 38 heavy (non-hydrogen) atoms. The Balaban J connectivity index is 1.23. The number of nitrogens with zero attached hydrogens (tertiary/aromatic N) is 3. The number of hydrogen-bond donors (Lipinski definition) is 2. The first-order valence-corrected chi connectivity index (χ1v) is 14.2. The summed E-state index contributed by atoms with van der Waals surface area (Å²) in [4.78, 5) is 4.77. The van der Waals surface area contributed by atoms with Gasteiger partial charge in [0.15, 0.2) is 5.11 Å². The molecule has 190 valence electrons. The third-order valence-corrected chi connectivity index (χ3v) is 8.61. The fourth-order valence-electron chi connectivity index (χ4n) is 5.09. The molecule has 1 aliphatic heterocycles. The number of anilines is 1. The zero-order valence-electron chi connectivity index (χ0n) is 20.4. The summed E-state index contributed by atoms with van der Waals surface area (Å²) in [5, 5.41) is 9.98. The smallest absolute Gasteiger partial charge is 0.263 e. The van der Waals surface area contributed by atoms with Crippen LogP contribution < -0.4 is 15.0 Å². The number of hydrogen-bond acceptors (Lipinski definition) is 6. The number of nitrogens with one attached hydrogen (secondary N) is 2. The van der Waals surface area contributed by atoms with E-state index < -0.39 is 10.0 Å². The lowest BCUT2D eigenvalue weighted by Gasteiger charge is -2.27. The van der Waals surface area contributed by atoms with Crippen LogP contribution in [-0.4, -0.2) is 24.2 Å². The standard InChI is InChI=1S/C29H25N5O2S2/c35-38(36,33-29(37)31-19-20-8-2-1-3-9-20)23-15-13-22(14-16-23)34-28(26-12-6-7-17-30-26)25-18-21-10-4-5-11-24(21)27(25)32-34/h1-17,25,28H,18-19H2,(H2,31,33,37). The van der Waals surface area contributed by atoms with Crippen LogP contribution in [0, 0.1) is 5.92 Å². The summed E-state index contributed by atoms with van der Waals surface area (Å²) < 4.78 is 28.4. The van der Waals surface area contributed by atoms with Crippen molar-refractivity contribution in [3.63, 3.8) is 0 Å². The van der Waals surface area contributed by atoms with E-state index in [1.807, 2.05) is 59.6 Å². The molecule has 3 aromatic carbocycles. The van der Waals surface area contributed by atoms with Crippen LogP contribution in [0.4, 0.5) is 5.69 Å². The molecule has 2 heterocycles. The fourth-order valence-corrected chi connectivity index (χ4v) is 6.42. The maximum absolute atomic E-state index is 13.0.